The Hall–Kier alpha value is -1.26. The van der Waals surface area contributed by atoms with Crippen LogP contribution in [0.3, 0.4) is 0 Å². The monoisotopic (exact) mass is 173 g/mol. The van der Waals surface area contributed by atoms with Gasteiger partial charge in [0.05, 0.1) is 6.04 Å². The molecule has 0 heterocycles. The molecular weight excluding hydrogens is 158 g/mol. The van der Waals surface area contributed by atoms with Crippen LogP contribution in [0.1, 0.15) is 12.5 Å². The van der Waals surface area contributed by atoms with Gasteiger partial charge in [-0.2, -0.15) is 0 Å². The molecule has 1 aromatic carbocycles. The summed E-state index contributed by atoms with van der Waals surface area (Å²) in [6.07, 6.45) is 5.33. The normalized spacial score (nSPS) is 12.5. The summed E-state index contributed by atoms with van der Waals surface area (Å²) in [4.78, 5) is 2.15. The summed E-state index contributed by atoms with van der Waals surface area (Å²) in [5.41, 5.74) is 1.30. The second-order valence-electron chi connectivity index (χ2n) is 3.24. The second kappa shape index (κ2) is 4.69. The van der Waals surface area contributed by atoms with E-state index in [1.165, 1.54) is 5.56 Å². The first-order valence-electron chi connectivity index (χ1n) is 4.44. The molecule has 13 heavy (non-hydrogen) atoms. The number of hydrogen-bond donors (Lipinski definition) is 0. The van der Waals surface area contributed by atoms with Crippen LogP contribution < -0.4 is 0 Å². The molecule has 0 fully saturated rings. The third kappa shape index (κ3) is 2.93. The predicted octanol–water partition coefficient (Wildman–Crippen LogP) is 2.14. The molecule has 0 aliphatic carbocycles. The number of nitrogens with zero attached hydrogens (tertiary/aromatic N) is 1. The smallest absolute Gasteiger partial charge is 0.0683 e. The molecule has 0 saturated carbocycles. The molecule has 1 atom stereocenters. The Balaban J connectivity index is 2.56. The van der Waals surface area contributed by atoms with Gasteiger partial charge in [0, 0.05) is 6.54 Å². The molecule has 0 N–H and O–H groups in total. The second-order valence-corrected chi connectivity index (χ2v) is 3.24. The minimum atomic E-state index is 0.195. The molecular formula is C12H15N. The number of benzene rings is 1. The van der Waals surface area contributed by atoms with Crippen LogP contribution in [0.2, 0.25) is 0 Å². The van der Waals surface area contributed by atoms with Crippen LogP contribution >= 0.6 is 0 Å². The van der Waals surface area contributed by atoms with Crippen LogP contribution in [0.25, 0.3) is 0 Å². The minimum absolute atomic E-state index is 0.195. The van der Waals surface area contributed by atoms with E-state index >= 15 is 0 Å². The molecule has 0 aromatic heterocycles. The van der Waals surface area contributed by atoms with Gasteiger partial charge in [-0.25, -0.2) is 0 Å². The first kappa shape index (κ1) is 9.83. The van der Waals surface area contributed by atoms with E-state index in [4.69, 9.17) is 6.42 Å². The van der Waals surface area contributed by atoms with Crippen molar-refractivity contribution in [2.45, 2.75) is 19.5 Å². The van der Waals surface area contributed by atoms with Crippen molar-refractivity contribution in [3.05, 3.63) is 35.9 Å². The van der Waals surface area contributed by atoms with Crippen LogP contribution in [-0.4, -0.2) is 18.0 Å². The largest absolute Gasteiger partial charge is 0.289 e. The molecule has 0 saturated heterocycles. The van der Waals surface area contributed by atoms with Gasteiger partial charge in [-0.3, -0.25) is 4.90 Å². The SMILES string of the molecule is C#C[C@H](C)N(C)Cc1ccccc1. The summed E-state index contributed by atoms with van der Waals surface area (Å²) in [5.74, 6) is 2.71. The third-order valence-electron chi connectivity index (χ3n) is 2.18. The maximum atomic E-state index is 5.33. The van der Waals surface area contributed by atoms with Crippen LogP contribution in [0, 0.1) is 12.3 Å². The molecule has 0 unspecified atom stereocenters. The molecule has 1 rings (SSSR count). The van der Waals surface area contributed by atoms with E-state index in [0.717, 1.165) is 6.54 Å². The van der Waals surface area contributed by atoms with Gasteiger partial charge in [0.15, 0.2) is 0 Å². The lowest BCUT2D eigenvalue weighted by atomic mass is 10.2. The third-order valence-corrected chi connectivity index (χ3v) is 2.18. The fourth-order valence-electron chi connectivity index (χ4n) is 1.14. The van der Waals surface area contributed by atoms with Crippen molar-refractivity contribution in [3.8, 4) is 12.3 Å². The maximum Gasteiger partial charge on any atom is 0.0683 e. The zero-order chi connectivity index (χ0) is 9.68. The molecule has 1 aromatic rings. The average Bonchev–Trinajstić information content (AvgIpc) is 2.18. The van der Waals surface area contributed by atoms with Crippen molar-refractivity contribution in [1.29, 1.82) is 0 Å². The topological polar surface area (TPSA) is 3.24 Å². The Morgan fingerprint density at radius 3 is 2.54 bits per heavy atom. The van der Waals surface area contributed by atoms with Crippen molar-refractivity contribution in [3.63, 3.8) is 0 Å². The predicted molar refractivity (Wildman–Crippen MR) is 56.2 cm³/mol. The quantitative estimate of drug-likeness (QED) is 0.633. The van der Waals surface area contributed by atoms with Crippen molar-refractivity contribution in [1.82, 2.24) is 4.90 Å². The van der Waals surface area contributed by atoms with Crippen molar-refractivity contribution in [2.75, 3.05) is 7.05 Å². The minimum Gasteiger partial charge on any atom is -0.289 e. The number of terminal acetylenes is 1. The van der Waals surface area contributed by atoms with Gasteiger partial charge in [-0.15, -0.1) is 6.42 Å². The molecule has 0 bridgehead atoms. The van der Waals surface area contributed by atoms with E-state index in [0.29, 0.717) is 0 Å². The van der Waals surface area contributed by atoms with Crippen molar-refractivity contribution in [2.24, 2.45) is 0 Å². The molecule has 0 spiro atoms. The lowest BCUT2D eigenvalue weighted by Crippen LogP contribution is -2.26. The molecule has 0 radical (unpaired) electrons. The molecule has 0 amide bonds. The Kier molecular flexibility index (Phi) is 3.54. The first-order chi connectivity index (χ1) is 6.24. The summed E-state index contributed by atoms with van der Waals surface area (Å²) >= 11 is 0. The first-order valence-corrected chi connectivity index (χ1v) is 4.44. The fourth-order valence-corrected chi connectivity index (χ4v) is 1.14. The standard InChI is InChI=1S/C12H15N/c1-4-11(2)13(3)10-12-8-6-5-7-9-12/h1,5-9,11H,10H2,2-3H3/t11-/m0/s1. The Morgan fingerprint density at radius 1 is 1.38 bits per heavy atom. The highest BCUT2D eigenvalue weighted by molar-refractivity contribution is 5.15. The van der Waals surface area contributed by atoms with Gasteiger partial charge in [0.2, 0.25) is 0 Å². The summed E-state index contributed by atoms with van der Waals surface area (Å²) in [6, 6.07) is 10.5. The van der Waals surface area contributed by atoms with E-state index < -0.39 is 0 Å². The summed E-state index contributed by atoms with van der Waals surface area (Å²) in [6.45, 7) is 2.94. The zero-order valence-corrected chi connectivity index (χ0v) is 8.20. The van der Waals surface area contributed by atoms with E-state index in [1.807, 2.05) is 32.2 Å². The van der Waals surface area contributed by atoms with Crippen molar-refractivity contribution >= 4 is 0 Å². The zero-order valence-electron chi connectivity index (χ0n) is 8.20. The molecule has 0 aliphatic heterocycles. The van der Waals surface area contributed by atoms with Crippen LogP contribution in [0.4, 0.5) is 0 Å². The highest BCUT2D eigenvalue weighted by Crippen LogP contribution is 2.04. The molecule has 1 heteroatoms. The summed E-state index contributed by atoms with van der Waals surface area (Å²) in [7, 11) is 2.04. The van der Waals surface area contributed by atoms with Gasteiger partial charge in [-0.05, 0) is 19.5 Å². The van der Waals surface area contributed by atoms with Gasteiger partial charge < -0.3 is 0 Å². The fraction of sp³-hybridized carbons (Fsp3) is 0.333. The average molecular weight is 173 g/mol. The van der Waals surface area contributed by atoms with E-state index in [2.05, 4.69) is 23.0 Å². The van der Waals surface area contributed by atoms with Gasteiger partial charge in [-0.1, -0.05) is 36.3 Å². The Labute approximate surface area is 80.4 Å². The van der Waals surface area contributed by atoms with Gasteiger partial charge in [0.25, 0.3) is 0 Å². The van der Waals surface area contributed by atoms with E-state index in [1.54, 1.807) is 0 Å². The lowest BCUT2D eigenvalue weighted by Gasteiger charge is -2.19. The van der Waals surface area contributed by atoms with E-state index in [9.17, 15) is 0 Å². The molecule has 0 aliphatic rings. The van der Waals surface area contributed by atoms with Crippen LogP contribution in [0.5, 0.6) is 0 Å². The molecule has 68 valence electrons. The Bertz CT molecular complexity index is 284. The lowest BCUT2D eigenvalue weighted by molar-refractivity contribution is 0.296. The maximum absolute atomic E-state index is 5.33. The highest BCUT2D eigenvalue weighted by atomic mass is 15.1. The summed E-state index contributed by atoms with van der Waals surface area (Å²) in [5, 5.41) is 0. The highest BCUT2D eigenvalue weighted by Gasteiger charge is 2.04. The van der Waals surface area contributed by atoms with Crippen LogP contribution in [0.15, 0.2) is 30.3 Å². The number of rotatable bonds is 3. The van der Waals surface area contributed by atoms with Crippen molar-refractivity contribution < 1.29 is 0 Å². The summed E-state index contributed by atoms with van der Waals surface area (Å²) < 4.78 is 0. The van der Waals surface area contributed by atoms with Gasteiger partial charge >= 0.3 is 0 Å². The van der Waals surface area contributed by atoms with Crippen LogP contribution in [-0.2, 0) is 6.54 Å². The Morgan fingerprint density at radius 2 is 2.00 bits per heavy atom. The number of hydrogen-bond acceptors (Lipinski definition) is 1. The van der Waals surface area contributed by atoms with Gasteiger partial charge in [0.1, 0.15) is 0 Å². The van der Waals surface area contributed by atoms with E-state index in [-0.39, 0.29) is 6.04 Å². The molecule has 1 nitrogen and oxygen atoms in total.